The summed E-state index contributed by atoms with van der Waals surface area (Å²) in [5.41, 5.74) is 2.75. The number of nitrogens with zero attached hydrogens (tertiary/aromatic N) is 3. The fourth-order valence-corrected chi connectivity index (χ4v) is 4.00. The lowest BCUT2D eigenvalue weighted by molar-refractivity contribution is 0.141. The molecule has 2 aromatic carbocycles. The molecule has 1 aliphatic heterocycles. The van der Waals surface area contributed by atoms with Crippen molar-refractivity contribution in [3.8, 4) is 5.75 Å². The standard InChI is InChI=1S/C21H23FN4O3S/c1-13-8-15(26-30(2,3)27)10-18-20(13)21(24-12-23-18)25-17-5-4-14(22)9-19(17)29-16-6-7-28-11-16/h4-5,8-10,12,16H,6-7,11H2,1-3H3,(H,23,24,25)/t16-/m0/s1. The highest BCUT2D eigenvalue weighted by molar-refractivity contribution is 7.92. The van der Waals surface area contributed by atoms with Gasteiger partial charge in [-0.15, -0.1) is 0 Å². The maximum Gasteiger partial charge on any atom is 0.146 e. The predicted octanol–water partition coefficient (Wildman–Crippen LogP) is 4.35. The Labute approximate surface area is 174 Å². The van der Waals surface area contributed by atoms with Crippen LogP contribution in [0.5, 0.6) is 5.75 Å². The van der Waals surface area contributed by atoms with E-state index < -0.39 is 9.73 Å². The first-order valence-electron chi connectivity index (χ1n) is 9.52. The van der Waals surface area contributed by atoms with E-state index in [4.69, 9.17) is 9.47 Å². The molecule has 1 saturated heterocycles. The van der Waals surface area contributed by atoms with Crippen molar-refractivity contribution < 1.29 is 18.1 Å². The zero-order valence-electron chi connectivity index (χ0n) is 17.0. The predicted molar refractivity (Wildman–Crippen MR) is 116 cm³/mol. The normalized spacial score (nSPS) is 16.6. The Kier molecular flexibility index (Phi) is 5.57. The number of benzene rings is 2. The van der Waals surface area contributed by atoms with Gasteiger partial charge in [0.05, 0.1) is 30.1 Å². The third-order valence-electron chi connectivity index (χ3n) is 4.62. The summed E-state index contributed by atoms with van der Waals surface area (Å²) < 4.78 is 41.5. The molecule has 3 aromatic rings. The summed E-state index contributed by atoms with van der Waals surface area (Å²) in [5.74, 6) is 0.585. The van der Waals surface area contributed by atoms with Crippen LogP contribution in [0.3, 0.4) is 0 Å². The summed E-state index contributed by atoms with van der Waals surface area (Å²) in [4.78, 5) is 8.72. The first-order valence-corrected chi connectivity index (χ1v) is 11.8. The molecule has 9 heteroatoms. The van der Waals surface area contributed by atoms with Crippen LogP contribution in [0.4, 0.5) is 21.6 Å². The summed E-state index contributed by atoms with van der Waals surface area (Å²) >= 11 is 0. The second kappa shape index (κ2) is 8.16. The third-order valence-corrected chi connectivity index (χ3v) is 5.27. The van der Waals surface area contributed by atoms with E-state index >= 15 is 0 Å². The van der Waals surface area contributed by atoms with Crippen LogP contribution in [0.25, 0.3) is 10.9 Å². The number of hydrogen-bond acceptors (Lipinski definition) is 7. The van der Waals surface area contributed by atoms with E-state index in [1.807, 2.05) is 13.0 Å². The van der Waals surface area contributed by atoms with Gasteiger partial charge in [-0.3, -0.25) is 0 Å². The molecule has 0 saturated carbocycles. The maximum absolute atomic E-state index is 13.9. The Morgan fingerprint density at radius 2 is 2.10 bits per heavy atom. The lowest BCUT2D eigenvalue weighted by Crippen LogP contribution is -2.16. The van der Waals surface area contributed by atoms with Gasteiger partial charge in [0, 0.05) is 40.1 Å². The summed E-state index contributed by atoms with van der Waals surface area (Å²) in [6, 6.07) is 7.97. The van der Waals surface area contributed by atoms with Crippen LogP contribution in [0, 0.1) is 12.7 Å². The van der Waals surface area contributed by atoms with Crippen molar-refractivity contribution in [3.63, 3.8) is 0 Å². The van der Waals surface area contributed by atoms with E-state index in [0.29, 0.717) is 41.7 Å². The van der Waals surface area contributed by atoms with E-state index in [-0.39, 0.29) is 11.9 Å². The number of aryl methyl sites for hydroxylation is 1. The molecule has 0 aliphatic carbocycles. The van der Waals surface area contributed by atoms with Gasteiger partial charge < -0.3 is 14.8 Å². The summed E-state index contributed by atoms with van der Waals surface area (Å²) in [6.07, 6.45) is 5.27. The number of ether oxygens (including phenoxy) is 2. The molecule has 1 N–H and O–H groups in total. The van der Waals surface area contributed by atoms with Crippen LogP contribution in [0.2, 0.25) is 0 Å². The largest absolute Gasteiger partial charge is 0.486 e. The second-order valence-electron chi connectivity index (χ2n) is 7.52. The van der Waals surface area contributed by atoms with E-state index in [2.05, 4.69) is 19.6 Å². The molecule has 0 amide bonds. The summed E-state index contributed by atoms with van der Waals surface area (Å²) in [5, 5.41) is 4.06. The quantitative estimate of drug-likeness (QED) is 0.648. The Balaban J connectivity index is 1.73. The molecule has 4 rings (SSSR count). The number of halogens is 1. The zero-order valence-corrected chi connectivity index (χ0v) is 17.8. The van der Waals surface area contributed by atoms with Crippen LogP contribution in [-0.4, -0.2) is 46.0 Å². The first kappa shape index (κ1) is 20.5. The molecular formula is C21H23FN4O3S. The van der Waals surface area contributed by atoms with Crippen LogP contribution in [0.15, 0.2) is 41.0 Å². The van der Waals surface area contributed by atoms with Gasteiger partial charge in [-0.1, -0.05) is 0 Å². The van der Waals surface area contributed by atoms with Crippen molar-refractivity contribution in [3.05, 3.63) is 48.0 Å². The Bertz CT molecular complexity index is 1210. The highest BCUT2D eigenvalue weighted by Gasteiger charge is 2.20. The minimum atomic E-state index is -2.29. The van der Waals surface area contributed by atoms with Crippen molar-refractivity contribution >= 4 is 37.8 Å². The van der Waals surface area contributed by atoms with Gasteiger partial charge in [0.1, 0.15) is 29.8 Å². The minimum Gasteiger partial charge on any atom is -0.486 e. The van der Waals surface area contributed by atoms with Crippen molar-refractivity contribution in [1.29, 1.82) is 0 Å². The van der Waals surface area contributed by atoms with Crippen molar-refractivity contribution in [2.24, 2.45) is 4.36 Å². The molecule has 0 radical (unpaired) electrons. The molecule has 0 spiro atoms. The smallest absolute Gasteiger partial charge is 0.146 e. The Morgan fingerprint density at radius 3 is 2.83 bits per heavy atom. The van der Waals surface area contributed by atoms with Crippen molar-refractivity contribution in [1.82, 2.24) is 9.97 Å². The molecule has 2 heterocycles. The van der Waals surface area contributed by atoms with Gasteiger partial charge in [0.25, 0.3) is 0 Å². The highest BCUT2D eigenvalue weighted by atomic mass is 32.2. The van der Waals surface area contributed by atoms with E-state index in [9.17, 15) is 8.60 Å². The van der Waals surface area contributed by atoms with E-state index in [1.165, 1.54) is 18.5 Å². The lowest BCUT2D eigenvalue weighted by atomic mass is 10.1. The SMILES string of the molecule is Cc1cc(N=S(C)(C)=O)cc2ncnc(Nc3ccc(F)cc3O[C@H]3CCOC3)c12. The van der Waals surface area contributed by atoms with Crippen LogP contribution >= 0.6 is 0 Å². The monoisotopic (exact) mass is 430 g/mol. The average Bonchev–Trinajstić information content (AvgIpc) is 3.15. The zero-order chi connectivity index (χ0) is 21.3. The van der Waals surface area contributed by atoms with Crippen LogP contribution < -0.4 is 10.1 Å². The molecule has 30 heavy (non-hydrogen) atoms. The Hall–Kier alpha value is -2.78. The molecule has 0 bridgehead atoms. The lowest BCUT2D eigenvalue weighted by Gasteiger charge is -2.17. The first-order chi connectivity index (χ1) is 14.3. The average molecular weight is 431 g/mol. The molecule has 7 nitrogen and oxygen atoms in total. The summed E-state index contributed by atoms with van der Waals surface area (Å²) in [7, 11) is -2.29. The van der Waals surface area contributed by atoms with Gasteiger partial charge in [0.15, 0.2) is 0 Å². The molecule has 158 valence electrons. The van der Waals surface area contributed by atoms with Gasteiger partial charge >= 0.3 is 0 Å². The van der Waals surface area contributed by atoms with Gasteiger partial charge in [-0.05, 0) is 36.8 Å². The Morgan fingerprint density at radius 1 is 1.27 bits per heavy atom. The molecule has 1 atom stereocenters. The topological polar surface area (TPSA) is 85.7 Å². The molecule has 1 fully saturated rings. The minimum absolute atomic E-state index is 0.113. The molecule has 1 aromatic heterocycles. The summed E-state index contributed by atoms with van der Waals surface area (Å²) in [6.45, 7) is 3.03. The number of anilines is 2. The molecule has 0 unspecified atom stereocenters. The number of aromatic nitrogens is 2. The number of hydrogen-bond donors (Lipinski definition) is 1. The van der Waals surface area contributed by atoms with Gasteiger partial charge in [-0.2, -0.15) is 4.36 Å². The second-order valence-corrected chi connectivity index (χ2v) is 10.1. The number of nitrogens with one attached hydrogen (secondary N) is 1. The van der Waals surface area contributed by atoms with E-state index in [1.54, 1.807) is 24.6 Å². The van der Waals surface area contributed by atoms with Crippen LogP contribution in [-0.2, 0) is 14.5 Å². The third kappa shape index (κ3) is 4.68. The molecule has 1 aliphatic rings. The fourth-order valence-electron chi connectivity index (χ4n) is 3.38. The molecular weight excluding hydrogens is 407 g/mol. The van der Waals surface area contributed by atoms with Crippen molar-refractivity contribution in [2.45, 2.75) is 19.4 Å². The fraction of sp³-hybridized carbons (Fsp3) is 0.333. The van der Waals surface area contributed by atoms with Crippen molar-refractivity contribution in [2.75, 3.05) is 31.0 Å². The number of fused-ring (bicyclic) bond motifs is 1. The van der Waals surface area contributed by atoms with E-state index in [0.717, 1.165) is 17.4 Å². The number of rotatable bonds is 5. The van der Waals surface area contributed by atoms with Gasteiger partial charge in [-0.25, -0.2) is 18.6 Å². The maximum atomic E-state index is 13.9. The highest BCUT2D eigenvalue weighted by Crippen LogP contribution is 2.34. The van der Waals surface area contributed by atoms with Crippen LogP contribution in [0.1, 0.15) is 12.0 Å². The van der Waals surface area contributed by atoms with Gasteiger partial charge in [0.2, 0.25) is 0 Å².